The molecule has 5 heteroatoms. The topological polar surface area (TPSA) is 30.8 Å². The van der Waals surface area contributed by atoms with Crippen LogP contribution in [0.15, 0.2) is 16.4 Å². The van der Waals surface area contributed by atoms with Crippen molar-refractivity contribution in [2.75, 3.05) is 13.3 Å². The molecule has 0 bridgehead atoms. The number of rotatable bonds is 6. The van der Waals surface area contributed by atoms with Gasteiger partial charge in [-0.2, -0.15) is 0 Å². The molecule has 0 aliphatic carbocycles. The van der Waals surface area contributed by atoms with E-state index in [1.165, 1.54) is 5.56 Å². The first-order chi connectivity index (χ1) is 9.10. The Balaban J connectivity index is 1.94. The van der Waals surface area contributed by atoms with Crippen molar-refractivity contribution < 1.29 is 13.9 Å². The molecule has 0 spiro atoms. The molecule has 2 atom stereocenters. The van der Waals surface area contributed by atoms with Crippen LogP contribution in [0.1, 0.15) is 36.8 Å². The second-order valence-corrected chi connectivity index (χ2v) is 5.92. The smallest absolute Gasteiger partial charge is 0.186 e. The minimum Gasteiger partial charge on any atom is -0.470 e. The molecule has 1 aromatic rings. The van der Waals surface area contributed by atoms with Crippen LogP contribution in [-0.2, 0) is 9.47 Å². The predicted molar refractivity (Wildman–Crippen MR) is 75.8 cm³/mol. The first-order valence-electron chi connectivity index (χ1n) is 6.56. The Morgan fingerprint density at radius 3 is 2.89 bits per heavy atom. The molecule has 0 N–H and O–H groups in total. The lowest BCUT2D eigenvalue weighted by molar-refractivity contribution is 0.0801. The summed E-state index contributed by atoms with van der Waals surface area (Å²) in [6.07, 6.45) is 0.530. The molecule has 0 radical (unpaired) electrons. The zero-order chi connectivity index (χ0) is 13.8. The van der Waals surface area contributed by atoms with Crippen LogP contribution in [0.3, 0.4) is 0 Å². The maximum atomic E-state index is 13.1. The number of thiophene rings is 1. The molecule has 0 saturated heterocycles. The summed E-state index contributed by atoms with van der Waals surface area (Å²) in [5.41, 5.74) is 1.18. The third-order valence-corrected chi connectivity index (χ3v) is 3.99. The molecule has 19 heavy (non-hydrogen) atoms. The Morgan fingerprint density at radius 1 is 1.53 bits per heavy atom. The Morgan fingerprint density at radius 2 is 2.32 bits per heavy atom. The molecule has 0 aromatic carbocycles. The highest BCUT2D eigenvalue weighted by atomic mass is 32.1. The number of ether oxygens (including phenoxy) is 2. The van der Waals surface area contributed by atoms with E-state index in [4.69, 9.17) is 9.47 Å². The first-order valence-corrected chi connectivity index (χ1v) is 7.44. The lowest BCUT2D eigenvalue weighted by Gasteiger charge is -2.14. The van der Waals surface area contributed by atoms with Gasteiger partial charge in [0.15, 0.2) is 12.0 Å². The molecule has 1 aromatic heterocycles. The SMILES string of the molecule is Cc1csc([C@@H]2OC(CCOC(C)C)=N[C@@H]2CF)c1. The van der Waals surface area contributed by atoms with Gasteiger partial charge in [0, 0.05) is 11.3 Å². The molecular formula is C14H20FNO2S. The third-order valence-electron chi connectivity index (χ3n) is 2.88. The maximum absolute atomic E-state index is 13.1. The van der Waals surface area contributed by atoms with E-state index in [0.29, 0.717) is 18.9 Å². The van der Waals surface area contributed by atoms with Gasteiger partial charge in [-0.15, -0.1) is 11.3 Å². The maximum Gasteiger partial charge on any atom is 0.186 e. The van der Waals surface area contributed by atoms with E-state index in [0.717, 1.165) is 4.88 Å². The van der Waals surface area contributed by atoms with Gasteiger partial charge in [0.2, 0.25) is 0 Å². The van der Waals surface area contributed by atoms with Crippen molar-refractivity contribution in [2.45, 2.75) is 45.4 Å². The van der Waals surface area contributed by atoms with Gasteiger partial charge < -0.3 is 9.47 Å². The van der Waals surface area contributed by atoms with Crippen LogP contribution in [-0.4, -0.2) is 31.3 Å². The number of hydrogen-bond acceptors (Lipinski definition) is 4. The van der Waals surface area contributed by atoms with Crippen LogP contribution in [0.5, 0.6) is 0 Å². The molecule has 2 rings (SSSR count). The van der Waals surface area contributed by atoms with E-state index >= 15 is 0 Å². The lowest BCUT2D eigenvalue weighted by atomic mass is 10.1. The fourth-order valence-electron chi connectivity index (χ4n) is 1.98. The largest absolute Gasteiger partial charge is 0.470 e. The molecule has 3 nitrogen and oxygen atoms in total. The summed E-state index contributed by atoms with van der Waals surface area (Å²) in [4.78, 5) is 5.36. The molecule has 0 fully saturated rings. The second kappa shape index (κ2) is 6.48. The fourth-order valence-corrected chi connectivity index (χ4v) is 2.96. The molecule has 0 saturated carbocycles. The zero-order valence-electron chi connectivity index (χ0n) is 11.6. The molecule has 2 heterocycles. The standard InChI is InChI=1S/C14H20FNO2S/c1-9(2)17-5-4-13-16-11(7-15)14(18-13)12-6-10(3)8-19-12/h6,8-9,11,14H,4-5,7H2,1-3H3/t11-,14-/m1/s1. The summed E-state index contributed by atoms with van der Waals surface area (Å²) in [5.74, 6) is 0.611. The van der Waals surface area contributed by atoms with Crippen molar-refractivity contribution in [3.63, 3.8) is 0 Å². The third kappa shape index (κ3) is 3.76. The number of aliphatic imine (C=N–C) groups is 1. The van der Waals surface area contributed by atoms with Gasteiger partial charge in [-0.1, -0.05) is 0 Å². The number of nitrogens with zero attached hydrogens (tertiary/aromatic N) is 1. The average molecular weight is 285 g/mol. The van der Waals surface area contributed by atoms with E-state index in [9.17, 15) is 4.39 Å². The van der Waals surface area contributed by atoms with Gasteiger partial charge in [0.1, 0.15) is 12.7 Å². The number of halogens is 1. The number of alkyl halides is 1. The van der Waals surface area contributed by atoms with Gasteiger partial charge in [-0.25, -0.2) is 9.38 Å². The highest BCUT2D eigenvalue weighted by Crippen LogP contribution is 2.34. The second-order valence-electron chi connectivity index (χ2n) is 4.98. The number of aryl methyl sites for hydroxylation is 1. The van der Waals surface area contributed by atoms with Crippen LogP contribution >= 0.6 is 11.3 Å². The van der Waals surface area contributed by atoms with Gasteiger partial charge in [0.05, 0.1) is 12.7 Å². The Hall–Kier alpha value is -0.940. The van der Waals surface area contributed by atoms with Crippen molar-refractivity contribution in [1.29, 1.82) is 0 Å². The van der Waals surface area contributed by atoms with Crippen molar-refractivity contribution in [1.82, 2.24) is 0 Å². The summed E-state index contributed by atoms with van der Waals surface area (Å²) in [6.45, 7) is 6.07. The molecular weight excluding hydrogens is 265 g/mol. The summed E-state index contributed by atoms with van der Waals surface area (Å²) in [7, 11) is 0. The summed E-state index contributed by atoms with van der Waals surface area (Å²) >= 11 is 1.60. The van der Waals surface area contributed by atoms with Gasteiger partial charge >= 0.3 is 0 Å². The lowest BCUT2D eigenvalue weighted by Crippen LogP contribution is -2.15. The Labute approximate surface area is 117 Å². The average Bonchev–Trinajstić information content (AvgIpc) is 2.94. The van der Waals surface area contributed by atoms with Crippen LogP contribution in [0.4, 0.5) is 4.39 Å². The van der Waals surface area contributed by atoms with E-state index in [1.54, 1.807) is 11.3 Å². The fraction of sp³-hybridized carbons (Fsp3) is 0.643. The van der Waals surface area contributed by atoms with E-state index in [1.807, 2.05) is 32.2 Å². The first kappa shape index (κ1) is 14.5. The normalized spacial score (nSPS) is 22.7. The highest BCUT2D eigenvalue weighted by molar-refractivity contribution is 7.10. The summed E-state index contributed by atoms with van der Waals surface area (Å²) in [5, 5.41) is 2.05. The highest BCUT2D eigenvalue weighted by Gasteiger charge is 2.33. The quantitative estimate of drug-likeness (QED) is 0.798. The van der Waals surface area contributed by atoms with Crippen molar-refractivity contribution >= 4 is 17.2 Å². The van der Waals surface area contributed by atoms with Crippen molar-refractivity contribution in [3.05, 3.63) is 21.9 Å². The molecule has 106 valence electrons. The molecule has 0 unspecified atom stereocenters. The monoisotopic (exact) mass is 285 g/mol. The summed E-state index contributed by atoms with van der Waals surface area (Å²) in [6, 6.07) is 1.63. The van der Waals surface area contributed by atoms with Crippen molar-refractivity contribution in [2.24, 2.45) is 4.99 Å². The minimum absolute atomic E-state index is 0.190. The summed E-state index contributed by atoms with van der Waals surface area (Å²) < 4.78 is 24.3. The zero-order valence-corrected chi connectivity index (χ0v) is 12.4. The van der Waals surface area contributed by atoms with Crippen molar-refractivity contribution in [3.8, 4) is 0 Å². The minimum atomic E-state index is -0.490. The molecule has 1 aliphatic heterocycles. The molecule has 1 aliphatic rings. The molecule has 0 amide bonds. The Kier molecular flexibility index (Phi) is 4.93. The predicted octanol–water partition coefficient (Wildman–Crippen LogP) is 3.68. The van der Waals surface area contributed by atoms with Gasteiger partial charge in [0.25, 0.3) is 0 Å². The van der Waals surface area contributed by atoms with E-state index in [2.05, 4.69) is 4.99 Å². The van der Waals surface area contributed by atoms with Crippen LogP contribution < -0.4 is 0 Å². The van der Waals surface area contributed by atoms with E-state index < -0.39 is 12.7 Å². The van der Waals surface area contributed by atoms with Crippen LogP contribution in [0, 0.1) is 6.92 Å². The van der Waals surface area contributed by atoms with Gasteiger partial charge in [-0.05, 0) is 37.8 Å². The van der Waals surface area contributed by atoms with E-state index in [-0.39, 0.29) is 12.2 Å². The van der Waals surface area contributed by atoms with Gasteiger partial charge in [-0.3, -0.25) is 0 Å². The van der Waals surface area contributed by atoms with Crippen LogP contribution in [0.25, 0.3) is 0 Å². The number of hydrogen-bond donors (Lipinski definition) is 0. The Bertz CT molecular complexity index is 444. The van der Waals surface area contributed by atoms with Crippen LogP contribution in [0.2, 0.25) is 0 Å².